The Morgan fingerprint density at radius 3 is 2.22 bits per heavy atom. The first kappa shape index (κ1) is 20.2. The third-order valence-corrected chi connectivity index (χ3v) is 4.12. The SMILES string of the molecule is CCOC(=O)c1ccc(NC(=O)COC(=O)c2cc(C)n(CC)c2C)cc1. The molecule has 1 aromatic heterocycles. The number of hydrogen-bond donors (Lipinski definition) is 1. The van der Waals surface area contributed by atoms with Crippen LogP contribution in [-0.2, 0) is 20.8 Å². The van der Waals surface area contributed by atoms with Crippen LogP contribution in [0.15, 0.2) is 30.3 Å². The summed E-state index contributed by atoms with van der Waals surface area (Å²) in [4.78, 5) is 35.8. The van der Waals surface area contributed by atoms with Gasteiger partial charge in [-0.2, -0.15) is 0 Å². The molecule has 0 saturated carbocycles. The Labute approximate surface area is 158 Å². The van der Waals surface area contributed by atoms with Crippen LogP contribution in [-0.4, -0.2) is 35.6 Å². The molecule has 7 nitrogen and oxygen atoms in total. The Hall–Kier alpha value is -3.09. The Kier molecular flexibility index (Phi) is 6.76. The molecule has 0 atom stereocenters. The van der Waals surface area contributed by atoms with Gasteiger partial charge in [-0.3, -0.25) is 4.79 Å². The highest BCUT2D eigenvalue weighted by molar-refractivity contribution is 5.96. The van der Waals surface area contributed by atoms with E-state index < -0.39 is 24.5 Å². The number of esters is 2. The number of ether oxygens (including phenoxy) is 2. The fourth-order valence-corrected chi connectivity index (χ4v) is 2.80. The summed E-state index contributed by atoms with van der Waals surface area (Å²) in [6, 6.07) is 8.04. The van der Waals surface area contributed by atoms with Gasteiger partial charge in [0.2, 0.25) is 0 Å². The molecule has 1 amide bonds. The average Bonchev–Trinajstić information content (AvgIpc) is 2.94. The van der Waals surface area contributed by atoms with Crippen molar-refractivity contribution in [1.82, 2.24) is 4.57 Å². The second kappa shape index (κ2) is 9.02. The van der Waals surface area contributed by atoms with E-state index in [9.17, 15) is 14.4 Å². The third kappa shape index (κ3) is 4.97. The van der Waals surface area contributed by atoms with E-state index in [0.717, 1.165) is 17.9 Å². The highest BCUT2D eigenvalue weighted by Gasteiger charge is 2.17. The van der Waals surface area contributed by atoms with Gasteiger partial charge in [-0.05, 0) is 58.0 Å². The fourth-order valence-electron chi connectivity index (χ4n) is 2.80. The maximum absolute atomic E-state index is 12.2. The van der Waals surface area contributed by atoms with E-state index >= 15 is 0 Å². The quantitative estimate of drug-likeness (QED) is 0.755. The fraction of sp³-hybridized carbons (Fsp3) is 0.350. The number of amides is 1. The molecule has 1 N–H and O–H groups in total. The van der Waals surface area contributed by atoms with Crippen molar-refractivity contribution < 1.29 is 23.9 Å². The summed E-state index contributed by atoms with van der Waals surface area (Å²) in [5.41, 5.74) is 3.13. The number of aryl methyl sites for hydroxylation is 1. The summed E-state index contributed by atoms with van der Waals surface area (Å²) in [5.74, 6) is -1.42. The largest absolute Gasteiger partial charge is 0.462 e. The topological polar surface area (TPSA) is 86.6 Å². The standard InChI is InChI=1S/C20H24N2O5/c1-5-22-13(3)11-17(14(22)4)20(25)27-12-18(23)21-16-9-7-15(8-10-16)19(24)26-6-2/h7-11H,5-6,12H2,1-4H3,(H,21,23). The lowest BCUT2D eigenvalue weighted by molar-refractivity contribution is -0.119. The molecule has 7 heteroatoms. The zero-order valence-corrected chi connectivity index (χ0v) is 16.0. The molecular formula is C20H24N2O5. The van der Waals surface area contributed by atoms with Crippen LogP contribution in [0.3, 0.4) is 0 Å². The van der Waals surface area contributed by atoms with Crippen LogP contribution in [0.1, 0.15) is 46.0 Å². The van der Waals surface area contributed by atoms with E-state index in [4.69, 9.17) is 9.47 Å². The molecule has 0 aliphatic carbocycles. The van der Waals surface area contributed by atoms with Crippen LogP contribution in [0.2, 0.25) is 0 Å². The molecule has 27 heavy (non-hydrogen) atoms. The lowest BCUT2D eigenvalue weighted by atomic mass is 10.2. The Morgan fingerprint density at radius 2 is 1.67 bits per heavy atom. The van der Waals surface area contributed by atoms with Gasteiger partial charge in [0.25, 0.3) is 5.91 Å². The highest BCUT2D eigenvalue weighted by atomic mass is 16.5. The van der Waals surface area contributed by atoms with E-state index in [0.29, 0.717) is 23.4 Å². The molecule has 0 unspecified atom stereocenters. The van der Waals surface area contributed by atoms with Gasteiger partial charge in [0, 0.05) is 23.6 Å². The molecule has 2 aromatic rings. The van der Waals surface area contributed by atoms with E-state index in [1.54, 1.807) is 37.3 Å². The van der Waals surface area contributed by atoms with Crippen molar-refractivity contribution in [2.75, 3.05) is 18.5 Å². The number of benzene rings is 1. The molecule has 1 heterocycles. The molecular weight excluding hydrogens is 348 g/mol. The molecule has 1 aromatic carbocycles. The van der Waals surface area contributed by atoms with Crippen molar-refractivity contribution in [2.45, 2.75) is 34.2 Å². The normalized spacial score (nSPS) is 10.4. The van der Waals surface area contributed by atoms with Gasteiger partial charge >= 0.3 is 11.9 Å². The van der Waals surface area contributed by atoms with Gasteiger partial charge < -0.3 is 19.4 Å². The van der Waals surface area contributed by atoms with Crippen LogP contribution >= 0.6 is 0 Å². The van der Waals surface area contributed by atoms with Crippen LogP contribution in [0.5, 0.6) is 0 Å². The molecule has 0 radical (unpaired) electrons. The number of carbonyl (C=O) groups is 3. The van der Waals surface area contributed by atoms with Crippen molar-refractivity contribution in [3.05, 3.63) is 52.8 Å². The van der Waals surface area contributed by atoms with Gasteiger partial charge in [-0.1, -0.05) is 0 Å². The van der Waals surface area contributed by atoms with Gasteiger partial charge in [-0.25, -0.2) is 9.59 Å². The number of rotatable bonds is 7. The first-order valence-corrected chi connectivity index (χ1v) is 8.78. The van der Waals surface area contributed by atoms with Crippen LogP contribution < -0.4 is 5.32 Å². The number of aromatic nitrogens is 1. The van der Waals surface area contributed by atoms with Crippen molar-refractivity contribution >= 4 is 23.5 Å². The lowest BCUT2D eigenvalue weighted by Crippen LogP contribution is -2.21. The number of carbonyl (C=O) groups excluding carboxylic acids is 3. The molecule has 0 saturated heterocycles. The maximum Gasteiger partial charge on any atom is 0.340 e. The number of anilines is 1. The summed E-state index contributed by atoms with van der Waals surface area (Å²) in [6.07, 6.45) is 0. The lowest BCUT2D eigenvalue weighted by Gasteiger charge is -2.08. The summed E-state index contributed by atoms with van der Waals surface area (Å²) >= 11 is 0. The van der Waals surface area contributed by atoms with Crippen LogP contribution in [0.4, 0.5) is 5.69 Å². The van der Waals surface area contributed by atoms with Crippen LogP contribution in [0, 0.1) is 13.8 Å². The van der Waals surface area contributed by atoms with Gasteiger partial charge in [0.15, 0.2) is 6.61 Å². The van der Waals surface area contributed by atoms with Gasteiger partial charge in [0.05, 0.1) is 17.7 Å². The first-order chi connectivity index (χ1) is 12.9. The number of nitrogens with one attached hydrogen (secondary N) is 1. The Balaban J connectivity index is 1.91. The minimum atomic E-state index is -0.532. The second-order valence-electron chi connectivity index (χ2n) is 5.95. The molecule has 0 aliphatic heterocycles. The minimum Gasteiger partial charge on any atom is -0.462 e. The predicted octanol–water partition coefficient (Wildman–Crippen LogP) is 3.10. The van der Waals surface area contributed by atoms with E-state index in [-0.39, 0.29) is 0 Å². The maximum atomic E-state index is 12.2. The first-order valence-electron chi connectivity index (χ1n) is 8.78. The van der Waals surface area contributed by atoms with Crippen molar-refractivity contribution in [2.24, 2.45) is 0 Å². The molecule has 0 bridgehead atoms. The summed E-state index contributed by atoms with van der Waals surface area (Å²) in [7, 11) is 0. The number of nitrogens with zero attached hydrogens (tertiary/aromatic N) is 1. The van der Waals surface area contributed by atoms with Crippen LogP contribution in [0.25, 0.3) is 0 Å². The zero-order valence-electron chi connectivity index (χ0n) is 16.0. The smallest absolute Gasteiger partial charge is 0.340 e. The number of hydrogen-bond acceptors (Lipinski definition) is 5. The molecule has 0 aliphatic rings. The zero-order chi connectivity index (χ0) is 20.0. The Morgan fingerprint density at radius 1 is 1.00 bits per heavy atom. The van der Waals surface area contributed by atoms with E-state index in [1.165, 1.54) is 0 Å². The highest BCUT2D eigenvalue weighted by Crippen LogP contribution is 2.16. The predicted molar refractivity (Wildman–Crippen MR) is 101 cm³/mol. The molecule has 0 spiro atoms. The molecule has 2 rings (SSSR count). The minimum absolute atomic E-state index is 0.295. The van der Waals surface area contributed by atoms with Crippen molar-refractivity contribution in [1.29, 1.82) is 0 Å². The third-order valence-electron chi connectivity index (χ3n) is 4.12. The van der Waals surface area contributed by atoms with Crippen molar-refractivity contribution in [3.63, 3.8) is 0 Å². The monoisotopic (exact) mass is 372 g/mol. The van der Waals surface area contributed by atoms with Gasteiger partial charge in [-0.15, -0.1) is 0 Å². The summed E-state index contributed by atoms with van der Waals surface area (Å²) in [6.45, 7) is 8.15. The molecule has 144 valence electrons. The average molecular weight is 372 g/mol. The Bertz CT molecular complexity index is 837. The van der Waals surface area contributed by atoms with Gasteiger partial charge in [0.1, 0.15) is 0 Å². The second-order valence-corrected chi connectivity index (χ2v) is 5.95. The van der Waals surface area contributed by atoms with Crippen molar-refractivity contribution in [3.8, 4) is 0 Å². The molecule has 0 fully saturated rings. The van der Waals surface area contributed by atoms with E-state index in [1.807, 2.05) is 25.3 Å². The summed E-state index contributed by atoms with van der Waals surface area (Å²) < 4.78 is 12.0. The summed E-state index contributed by atoms with van der Waals surface area (Å²) in [5, 5.41) is 2.62. The van der Waals surface area contributed by atoms with E-state index in [2.05, 4.69) is 5.32 Å².